The van der Waals surface area contributed by atoms with Crippen LogP contribution in [0, 0.1) is 5.41 Å². The Balaban J connectivity index is 3.19. The highest BCUT2D eigenvalue weighted by molar-refractivity contribution is 8.13. The number of hydrogen-bond acceptors (Lipinski definition) is 4. The molecule has 112 valence electrons. The minimum absolute atomic E-state index is 0.0930. The van der Waals surface area contributed by atoms with Gasteiger partial charge in [0.05, 0.1) is 17.7 Å². The minimum atomic E-state index is -3.86. The van der Waals surface area contributed by atoms with Crippen molar-refractivity contribution in [2.24, 2.45) is 5.41 Å². The number of nitrogens with one attached hydrogen (secondary N) is 1. The fourth-order valence-electron chi connectivity index (χ4n) is 1.39. The summed E-state index contributed by atoms with van der Waals surface area (Å²) in [6.45, 7) is 5.50. The lowest BCUT2D eigenvalue weighted by molar-refractivity contribution is -0.124. The number of hydrogen-bond donors (Lipinski definition) is 1. The van der Waals surface area contributed by atoms with Crippen molar-refractivity contribution in [1.29, 1.82) is 0 Å². The van der Waals surface area contributed by atoms with Crippen LogP contribution in [0.15, 0.2) is 23.1 Å². The van der Waals surface area contributed by atoms with Crippen LogP contribution in [-0.4, -0.2) is 21.4 Å². The average Bonchev–Trinajstić information content (AvgIpc) is 2.37. The first kappa shape index (κ1) is 16.8. The Bertz CT molecular complexity index is 611. The average molecular weight is 320 g/mol. The van der Waals surface area contributed by atoms with Gasteiger partial charge in [-0.15, -0.1) is 0 Å². The lowest BCUT2D eigenvalue weighted by atomic mass is 9.89. The van der Waals surface area contributed by atoms with Gasteiger partial charge in [-0.1, -0.05) is 20.8 Å². The summed E-state index contributed by atoms with van der Waals surface area (Å²) in [5, 5.41) is 2.68. The van der Waals surface area contributed by atoms with Crippen molar-refractivity contribution < 1.29 is 17.9 Å². The van der Waals surface area contributed by atoms with Gasteiger partial charge in [-0.3, -0.25) is 4.79 Å². The predicted molar refractivity (Wildman–Crippen MR) is 78.7 cm³/mol. The van der Waals surface area contributed by atoms with Gasteiger partial charge >= 0.3 is 0 Å². The summed E-state index contributed by atoms with van der Waals surface area (Å²) < 4.78 is 27.8. The molecule has 0 aliphatic rings. The van der Waals surface area contributed by atoms with Crippen LogP contribution in [0.4, 0.5) is 5.69 Å². The van der Waals surface area contributed by atoms with Crippen LogP contribution in [0.2, 0.25) is 0 Å². The van der Waals surface area contributed by atoms with Crippen molar-refractivity contribution in [3.63, 3.8) is 0 Å². The normalized spacial score (nSPS) is 12.1. The molecule has 0 bridgehead atoms. The maximum atomic E-state index is 12.1. The summed E-state index contributed by atoms with van der Waals surface area (Å²) in [5.41, 5.74) is -0.290. The summed E-state index contributed by atoms with van der Waals surface area (Å²) in [4.78, 5) is 12.1. The van der Waals surface area contributed by atoms with Crippen LogP contribution in [0.5, 0.6) is 5.75 Å². The third-order valence-electron chi connectivity index (χ3n) is 3.20. The SMILES string of the molecule is CCC(C)(C)C(=O)Nc1cc(S(=O)(=O)Cl)ccc1OC. The van der Waals surface area contributed by atoms with Gasteiger partial charge in [0.2, 0.25) is 5.91 Å². The molecule has 0 unspecified atom stereocenters. The third-order valence-corrected chi connectivity index (χ3v) is 4.55. The molecular weight excluding hydrogens is 302 g/mol. The van der Waals surface area contributed by atoms with Gasteiger partial charge in [0, 0.05) is 16.1 Å². The zero-order chi connectivity index (χ0) is 15.6. The van der Waals surface area contributed by atoms with Gasteiger partial charge in [0.25, 0.3) is 9.05 Å². The molecule has 0 heterocycles. The van der Waals surface area contributed by atoms with Gasteiger partial charge in [-0.05, 0) is 24.6 Å². The van der Waals surface area contributed by atoms with Crippen molar-refractivity contribution >= 4 is 31.3 Å². The molecule has 1 aromatic carbocycles. The van der Waals surface area contributed by atoms with Crippen molar-refractivity contribution in [1.82, 2.24) is 0 Å². The standard InChI is InChI=1S/C13H18ClNO4S/c1-5-13(2,3)12(16)15-10-8-9(20(14,17)18)6-7-11(10)19-4/h6-8H,5H2,1-4H3,(H,15,16). The molecule has 0 saturated heterocycles. The number of benzene rings is 1. The predicted octanol–water partition coefficient (Wildman–Crippen LogP) is 3.00. The molecule has 0 aliphatic heterocycles. The summed E-state index contributed by atoms with van der Waals surface area (Å²) in [6.07, 6.45) is 0.647. The third kappa shape index (κ3) is 3.86. The molecule has 7 heteroatoms. The first-order valence-corrected chi connectivity index (χ1v) is 8.37. The Labute approximate surface area is 123 Å². The fourth-order valence-corrected chi connectivity index (χ4v) is 2.17. The Kier molecular flexibility index (Phi) is 5.05. The summed E-state index contributed by atoms with van der Waals surface area (Å²) >= 11 is 0. The molecule has 0 atom stereocenters. The zero-order valence-corrected chi connectivity index (χ0v) is 13.4. The molecule has 1 rings (SSSR count). The second-order valence-electron chi connectivity index (χ2n) is 4.99. The molecule has 5 nitrogen and oxygen atoms in total. The highest BCUT2D eigenvalue weighted by Gasteiger charge is 2.26. The van der Waals surface area contributed by atoms with E-state index in [0.29, 0.717) is 12.2 Å². The van der Waals surface area contributed by atoms with Crippen LogP contribution >= 0.6 is 10.7 Å². The van der Waals surface area contributed by atoms with E-state index in [-0.39, 0.29) is 16.5 Å². The summed E-state index contributed by atoms with van der Waals surface area (Å²) in [7, 11) is 2.87. The minimum Gasteiger partial charge on any atom is -0.495 e. The van der Waals surface area contributed by atoms with Crippen molar-refractivity contribution in [3.8, 4) is 5.75 Å². The molecule has 1 amide bonds. The second kappa shape index (κ2) is 6.01. The van der Waals surface area contributed by atoms with E-state index in [4.69, 9.17) is 15.4 Å². The molecule has 20 heavy (non-hydrogen) atoms. The highest BCUT2D eigenvalue weighted by Crippen LogP contribution is 2.31. The van der Waals surface area contributed by atoms with E-state index >= 15 is 0 Å². The van der Waals surface area contributed by atoms with Crippen LogP contribution in [0.1, 0.15) is 27.2 Å². The van der Waals surface area contributed by atoms with Crippen LogP contribution in [0.25, 0.3) is 0 Å². The summed E-state index contributed by atoms with van der Waals surface area (Å²) in [5.74, 6) is 0.150. The van der Waals surface area contributed by atoms with E-state index in [1.807, 2.05) is 6.92 Å². The Morgan fingerprint density at radius 2 is 2.00 bits per heavy atom. The van der Waals surface area contributed by atoms with Crippen LogP contribution in [0.3, 0.4) is 0 Å². The number of carbonyl (C=O) groups is 1. The molecule has 0 fully saturated rings. The van der Waals surface area contributed by atoms with E-state index in [2.05, 4.69) is 5.32 Å². The van der Waals surface area contributed by atoms with E-state index in [1.54, 1.807) is 13.8 Å². The largest absolute Gasteiger partial charge is 0.495 e. The fraction of sp³-hybridized carbons (Fsp3) is 0.462. The van der Waals surface area contributed by atoms with Gasteiger partial charge in [-0.25, -0.2) is 8.42 Å². The first-order chi connectivity index (χ1) is 9.11. The molecule has 0 aromatic heterocycles. The summed E-state index contributed by atoms with van der Waals surface area (Å²) in [6, 6.07) is 4.05. The van der Waals surface area contributed by atoms with Crippen LogP contribution < -0.4 is 10.1 Å². The smallest absolute Gasteiger partial charge is 0.261 e. The molecule has 0 radical (unpaired) electrons. The Morgan fingerprint density at radius 1 is 1.40 bits per heavy atom. The van der Waals surface area contributed by atoms with E-state index < -0.39 is 14.5 Å². The Hall–Kier alpha value is -1.27. The van der Waals surface area contributed by atoms with Crippen molar-refractivity contribution in [3.05, 3.63) is 18.2 Å². The number of amides is 1. The molecular formula is C13H18ClNO4S. The topological polar surface area (TPSA) is 72.5 Å². The Morgan fingerprint density at radius 3 is 2.45 bits per heavy atom. The highest BCUT2D eigenvalue weighted by atomic mass is 35.7. The van der Waals surface area contributed by atoms with Crippen molar-refractivity contribution in [2.45, 2.75) is 32.1 Å². The molecule has 0 spiro atoms. The van der Waals surface area contributed by atoms with Gasteiger partial charge in [0.15, 0.2) is 0 Å². The first-order valence-electron chi connectivity index (χ1n) is 6.06. The quantitative estimate of drug-likeness (QED) is 0.847. The number of rotatable bonds is 5. The van der Waals surface area contributed by atoms with E-state index in [9.17, 15) is 13.2 Å². The lowest BCUT2D eigenvalue weighted by Gasteiger charge is -2.22. The second-order valence-corrected chi connectivity index (χ2v) is 7.56. The number of methoxy groups -OCH3 is 1. The number of anilines is 1. The molecule has 1 N–H and O–H groups in total. The van der Waals surface area contributed by atoms with Gasteiger partial charge < -0.3 is 10.1 Å². The molecule has 0 saturated carbocycles. The number of ether oxygens (including phenoxy) is 1. The van der Waals surface area contributed by atoms with Crippen molar-refractivity contribution in [2.75, 3.05) is 12.4 Å². The van der Waals surface area contributed by atoms with Gasteiger partial charge in [-0.2, -0.15) is 0 Å². The lowest BCUT2D eigenvalue weighted by Crippen LogP contribution is -2.30. The maximum Gasteiger partial charge on any atom is 0.261 e. The molecule has 1 aromatic rings. The zero-order valence-electron chi connectivity index (χ0n) is 11.9. The van der Waals surface area contributed by atoms with E-state index in [1.165, 1.54) is 25.3 Å². The van der Waals surface area contributed by atoms with E-state index in [0.717, 1.165) is 0 Å². The monoisotopic (exact) mass is 319 g/mol. The van der Waals surface area contributed by atoms with Crippen LogP contribution in [-0.2, 0) is 13.8 Å². The number of halogens is 1. The molecule has 0 aliphatic carbocycles. The van der Waals surface area contributed by atoms with Gasteiger partial charge in [0.1, 0.15) is 5.75 Å². The number of carbonyl (C=O) groups excluding carboxylic acids is 1. The maximum absolute atomic E-state index is 12.1.